The van der Waals surface area contributed by atoms with Crippen LogP contribution in [0, 0.1) is 20.8 Å². The number of nitrogens with zero attached hydrogens (tertiary/aromatic N) is 1. The van der Waals surface area contributed by atoms with Gasteiger partial charge >= 0.3 is 0 Å². The zero-order valence-corrected chi connectivity index (χ0v) is 12.1. The summed E-state index contributed by atoms with van der Waals surface area (Å²) in [4.78, 5) is 4.42. The number of halogens is 1. The SMILES string of the molecule is Cc1cc(C)c(CN)c(Oc2ccc(Cl)c(C)c2)n1. The quantitative estimate of drug-likeness (QED) is 0.924. The highest BCUT2D eigenvalue weighted by molar-refractivity contribution is 6.31. The highest BCUT2D eigenvalue weighted by Crippen LogP contribution is 2.28. The van der Waals surface area contributed by atoms with Crippen LogP contribution < -0.4 is 10.5 Å². The van der Waals surface area contributed by atoms with E-state index >= 15 is 0 Å². The fourth-order valence-corrected chi connectivity index (χ4v) is 2.07. The van der Waals surface area contributed by atoms with Crippen molar-refractivity contribution in [3.05, 3.63) is 51.7 Å². The molecule has 0 aliphatic rings. The number of aromatic nitrogens is 1. The Morgan fingerprint density at radius 1 is 1.16 bits per heavy atom. The second kappa shape index (κ2) is 5.59. The summed E-state index contributed by atoms with van der Waals surface area (Å²) in [7, 11) is 0. The van der Waals surface area contributed by atoms with E-state index < -0.39 is 0 Å². The van der Waals surface area contributed by atoms with E-state index in [4.69, 9.17) is 22.1 Å². The van der Waals surface area contributed by atoms with Gasteiger partial charge in [-0.2, -0.15) is 0 Å². The highest BCUT2D eigenvalue weighted by atomic mass is 35.5. The molecule has 1 aromatic heterocycles. The maximum absolute atomic E-state index is 6.00. The monoisotopic (exact) mass is 276 g/mol. The van der Waals surface area contributed by atoms with Gasteiger partial charge in [0.15, 0.2) is 0 Å². The molecule has 1 aromatic carbocycles. The van der Waals surface area contributed by atoms with Gasteiger partial charge in [0.2, 0.25) is 5.88 Å². The average molecular weight is 277 g/mol. The van der Waals surface area contributed by atoms with Crippen molar-refractivity contribution in [2.24, 2.45) is 5.73 Å². The molecule has 0 spiro atoms. The Balaban J connectivity index is 2.39. The number of aryl methyl sites for hydroxylation is 3. The fraction of sp³-hybridized carbons (Fsp3) is 0.267. The third-order valence-electron chi connectivity index (χ3n) is 2.99. The molecule has 100 valence electrons. The van der Waals surface area contributed by atoms with Crippen LogP contribution in [0.25, 0.3) is 0 Å². The summed E-state index contributed by atoms with van der Waals surface area (Å²) in [6, 6.07) is 7.54. The van der Waals surface area contributed by atoms with E-state index in [1.165, 1.54) is 0 Å². The van der Waals surface area contributed by atoms with Crippen LogP contribution in [-0.4, -0.2) is 4.98 Å². The predicted molar refractivity (Wildman–Crippen MR) is 77.9 cm³/mol. The Hall–Kier alpha value is -1.58. The summed E-state index contributed by atoms with van der Waals surface area (Å²) in [5, 5.41) is 0.722. The van der Waals surface area contributed by atoms with Gasteiger partial charge in [0.25, 0.3) is 0 Å². The first-order valence-electron chi connectivity index (χ1n) is 6.12. The first-order chi connectivity index (χ1) is 9.01. The Morgan fingerprint density at radius 2 is 1.89 bits per heavy atom. The van der Waals surface area contributed by atoms with Gasteiger partial charge in [-0.05, 0) is 56.2 Å². The molecule has 2 aromatic rings. The topological polar surface area (TPSA) is 48.1 Å². The molecule has 0 saturated carbocycles. The van der Waals surface area contributed by atoms with Gasteiger partial charge in [0, 0.05) is 22.8 Å². The van der Waals surface area contributed by atoms with Gasteiger partial charge in [-0.25, -0.2) is 4.98 Å². The van der Waals surface area contributed by atoms with E-state index in [2.05, 4.69) is 4.98 Å². The third-order valence-corrected chi connectivity index (χ3v) is 3.41. The smallest absolute Gasteiger partial charge is 0.224 e. The van der Waals surface area contributed by atoms with Gasteiger partial charge in [0.1, 0.15) is 5.75 Å². The van der Waals surface area contributed by atoms with Crippen molar-refractivity contribution in [1.29, 1.82) is 0 Å². The molecule has 0 amide bonds. The van der Waals surface area contributed by atoms with Crippen molar-refractivity contribution in [2.75, 3.05) is 0 Å². The maximum atomic E-state index is 6.00. The molecule has 2 N–H and O–H groups in total. The standard InChI is InChI=1S/C15H17ClN2O/c1-9-6-11(3)18-15(13(9)8-17)19-12-4-5-14(16)10(2)7-12/h4-7H,8,17H2,1-3H3. The molecule has 0 saturated heterocycles. The van der Waals surface area contributed by atoms with Crippen molar-refractivity contribution >= 4 is 11.6 Å². The van der Waals surface area contributed by atoms with Crippen LogP contribution in [0.2, 0.25) is 5.02 Å². The molecule has 1 heterocycles. The summed E-state index contributed by atoms with van der Waals surface area (Å²) >= 11 is 6.00. The molecule has 3 nitrogen and oxygen atoms in total. The van der Waals surface area contributed by atoms with Gasteiger partial charge in [-0.1, -0.05) is 11.6 Å². The van der Waals surface area contributed by atoms with Crippen molar-refractivity contribution in [1.82, 2.24) is 4.98 Å². The zero-order chi connectivity index (χ0) is 14.0. The van der Waals surface area contributed by atoms with Crippen LogP contribution in [-0.2, 0) is 6.54 Å². The van der Waals surface area contributed by atoms with Crippen molar-refractivity contribution < 1.29 is 4.74 Å². The molecular weight excluding hydrogens is 260 g/mol. The zero-order valence-electron chi connectivity index (χ0n) is 11.3. The molecule has 2 rings (SSSR count). The van der Waals surface area contributed by atoms with Crippen LogP contribution in [0.5, 0.6) is 11.6 Å². The van der Waals surface area contributed by atoms with Crippen molar-refractivity contribution in [3.8, 4) is 11.6 Å². The Morgan fingerprint density at radius 3 is 2.53 bits per heavy atom. The maximum Gasteiger partial charge on any atom is 0.224 e. The summed E-state index contributed by atoms with van der Waals surface area (Å²) in [6.45, 7) is 6.29. The lowest BCUT2D eigenvalue weighted by Crippen LogP contribution is -2.05. The van der Waals surface area contributed by atoms with Gasteiger partial charge in [-0.15, -0.1) is 0 Å². The Bertz CT molecular complexity index is 611. The van der Waals surface area contributed by atoms with Crippen LogP contribution in [0.3, 0.4) is 0 Å². The third kappa shape index (κ3) is 3.06. The molecule has 0 atom stereocenters. The minimum absolute atomic E-state index is 0.404. The second-order valence-electron chi connectivity index (χ2n) is 4.58. The molecule has 0 unspecified atom stereocenters. The summed E-state index contributed by atoms with van der Waals surface area (Å²) < 4.78 is 5.85. The number of hydrogen-bond donors (Lipinski definition) is 1. The van der Waals surface area contributed by atoms with Crippen molar-refractivity contribution in [3.63, 3.8) is 0 Å². The molecule has 0 bridgehead atoms. The predicted octanol–water partition coefficient (Wildman–Crippen LogP) is 3.91. The number of benzene rings is 1. The minimum Gasteiger partial charge on any atom is -0.439 e. The lowest BCUT2D eigenvalue weighted by atomic mass is 10.1. The highest BCUT2D eigenvalue weighted by Gasteiger charge is 2.10. The molecule has 0 fully saturated rings. The lowest BCUT2D eigenvalue weighted by molar-refractivity contribution is 0.454. The largest absolute Gasteiger partial charge is 0.439 e. The van der Waals surface area contributed by atoms with Gasteiger partial charge < -0.3 is 10.5 Å². The van der Waals surface area contributed by atoms with E-state index in [0.717, 1.165) is 27.4 Å². The van der Waals surface area contributed by atoms with E-state index in [1.54, 1.807) is 0 Å². The molecule has 4 heteroatoms. The lowest BCUT2D eigenvalue weighted by Gasteiger charge is -2.13. The summed E-state index contributed by atoms with van der Waals surface area (Å²) in [5.74, 6) is 1.29. The fourth-order valence-electron chi connectivity index (χ4n) is 1.95. The molecule has 19 heavy (non-hydrogen) atoms. The number of nitrogens with two attached hydrogens (primary N) is 1. The molecule has 0 radical (unpaired) electrons. The van der Waals surface area contributed by atoms with E-state index in [-0.39, 0.29) is 0 Å². The molecular formula is C15H17ClN2O. The number of rotatable bonds is 3. The molecule has 0 aliphatic carbocycles. The van der Waals surface area contributed by atoms with E-state index in [0.29, 0.717) is 18.2 Å². The van der Waals surface area contributed by atoms with Crippen molar-refractivity contribution in [2.45, 2.75) is 27.3 Å². The second-order valence-corrected chi connectivity index (χ2v) is 4.99. The summed E-state index contributed by atoms with van der Waals surface area (Å²) in [5.41, 5.74) is 9.67. The normalized spacial score (nSPS) is 10.6. The first kappa shape index (κ1) is 13.8. The van der Waals surface area contributed by atoms with Crippen LogP contribution in [0.4, 0.5) is 0 Å². The van der Waals surface area contributed by atoms with E-state index in [1.807, 2.05) is 45.0 Å². The van der Waals surface area contributed by atoms with Gasteiger partial charge in [-0.3, -0.25) is 0 Å². The minimum atomic E-state index is 0.404. The Labute approximate surface area is 118 Å². The van der Waals surface area contributed by atoms with E-state index in [9.17, 15) is 0 Å². The molecule has 0 aliphatic heterocycles. The number of pyridine rings is 1. The van der Waals surface area contributed by atoms with Gasteiger partial charge in [0.05, 0.1) is 0 Å². The number of ether oxygens (including phenoxy) is 1. The first-order valence-corrected chi connectivity index (χ1v) is 6.50. The van der Waals surface area contributed by atoms with Crippen LogP contribution >= 0.6 is 11.6 Å². The Kier molecular flexibility index (Phi) is 4.08. The average Bonchev–Trinajstić information content (AvgIpc) is 2.33. The van der Waals surface area contributed by atoms with Crippen LogP contribution in [0.1, 0.15) is 22.4 Å². The number of hydrogen-bond acceptors (Lipinski definition) is 3. The van der Waals surface area contributed by atoms with Crippen LogP contribution in [0.15, 0.2) is 24.3 Å². The summed E-state index contributed by atoms with van der Waals surface area (Å²) in [6.07, 6.45) is 0.